The maximum Gasteiger partial charge on any atom is 0.442 e. The number of hydrogen-bond acceptors (Lipinski definition) is 3. The summed E-state index contributed by atoms with van der Waals surface area (Å²) in [4.78, 5) is 0. The highest BCUT2D eigenvalue weighted by Crippen LogP contribution is 2.46. The second-order valence-electron chi connectivity index (χ2n) is 9.11. The summed E-state index contributed by atoms with van der Waals surface area (Å²) in [5.74, 6) is -3.08. The highest BCUT2D eigenvalue weighted by molar-refractivity contribution is 6.70. The van der Waals surface area contributed by atoms with E-state index < -0.39 is 53.2 Å². The van der Waals surface area contributed by atoms with Gasteiger partial charge in [-0.2, -0.15) is 26.3 Å². The van der Waals surface area contributed by atoms with Gasteiger partial charge in [-0.3, -0.25) is 0 Å². The van der Waals surface area contributed by atoms with Crippen molar-refractivity contribution in [3.05, 3.63) is 0 Å². The molecule has 0 aromatic carbocycles. The van der Waals surface area contributed by atoms with Crippen molar-refractivity contribution in [3.8, 4) is 0 Å². The molecule has 0 saturated heterocycles. The molecule has 28 heavy (non-hydrogen) atoms. The van der Waals surface area contributed by atoms with Gasteiger partial charge in [-0.1, -0.05) is 13.3 Å². The summed E-state index contributed by atoms with van der Waals surface area (Å²) in [6, 6.07) is 0. The Bertz CT molecular complexity index is 485. The monoisotopic (exact) mass is 456 g/mol. The zero-order chi connectivity index (χ0) is 22.7. The fourth-order valence-corrected chi connectivity index (χ4v) is 5.47. The Kier molecular flexibility index (Phi) is 9.32. The van der Waals surface area contributed by atoms with E-state index in [9.17, 15) is 26.3 Å². The van der Waals surface area contributed by atoms with Crippen LogP contribution >= 0.6 is 0 Å². The summed E-state index contributed by atoms with van der Waals surface area (Å²) >= 11 is 0. The molecule has 0 N–H and O–H groups in total. The summed E-state index contributed by atoms with van der Waals surface area (Å²) in [6.07, 6.45) is -10.8. The van der Waals surface area contributed by atoms with E-state index in [4.69, 9.17) is 13.6 Å². The Labute approximate surface area is 166 Å². The van der Waals surface area contributed by atoms with E-state index in [-0.39, 0.29) is 6.61 Å². The van der Waals surface area contributed by atoms with Crippen molar-refractivity contribution in [1.82, 2.24) is 0 Å². The van der Waals surface area contributed by atoms with Crippen molar-refractivity contribution in [2.45, 2.75) is 103 Å². The fraction of sp³-hybridized carbons (Fsp3) is 1.00. The molecule has 170 valence electrons. The summed E-state index contributed by atoms with van der Waals surface area (Å²) in [6.45, 7) is 11.6. The second-order valence-corrected chi connectivity index (χ2v) is 18.0. The minimum atomic E-state index is -4.98. The Hall–Kier alpha value is -0.106. The normalized spacial score (nSPS) is 18.6. The van der Waals surface area contributed by atoms with Crippen molar-refractivity contribution in [2.24, 2.45) is 0 Å². The van der Waals surface area contributed by atoms with Gasteiger partial charge in [-0.15, -0.1) is 0 Å². The van der Waals surface area contributed by atoms with Crippen LogP contribution in [0.2, 0.25) is 39.3 Å². The smallest absolute Gasteiger partial charge is 0.404 e. The second kappa shape index (κ2) is 9.36. The highest BCUT2D eigenvalue weighted by Gasteiger charge is 2.62. The molecule has 0 aliphatic carbocycles. The summed E-state index contributed by atoms with van der Waals surface area (Å²) in [7, 11) is -5.51. The van der Waals surface area contributed by atoms with Crippen LogP contribution in [0.25, 0.3) is 0 Å². The van der Waals surface area contributed by atoms with Crippen LogP contribution in [-0.2, 0) is 13.6 Å². The van der Waals surface area contributed by atoms with Crippen molar-refractivity contribution >= 4 is 16.6 Å². The van der Waals surface area contributed by atoms with Crippen molar-refractivity contribution in [3.63, 3.8) is 0 Å². The third-order valence-corrected chi connectivity index (χ3v) is 5.80. The maximum absolute atomic E-state index is 14.0. The largest absolute Gasteiger partial charge is 0.442 e. The number of unbranched alkanes of at least 4 members (excludes halogenated alkanes) is 1. The summed E-state index contributed by atoms with van der Waals surface area (Å²) in [5.41, 5.74) is -2.72. The third-order valence-electron chi connectivity index (χ3n) is 3.80. The number of alkyl halides is 6. The molecule has 0 radical (unpaired) electrons. The average molecular weight is 457 g/mol. The van der Waals surface area contributed by atoms with Gasteiger partial charge < -0.3 is 13.6 Å². The zero-order valence-electron chi connectivity index (χ0n) is 18.0. The number of halogens is 6. The van der Waals surface area contributed by atoms with Gasteiger partial charge in [-0.25, -0.2) is 0 Å². The molecule has 0 spiro atoms. The van der Waals surface area contributed by atoms with Crippen molar-refractivity contribution < 1.29 is 39.9 Å². The standard InChI is InChI=1S/C17H34F6O3Si2/c1-9-10-13-24-15(17(21,22)23,26-28(6,7)8)12-11-14(2,16(18,19)20)25-27(3,4)5/h9-13H2,1-8H3. The molecule has 0 rings (SSSR count). The van der Waals surface area contributed by atoms with E-state index in [2.05, 4.69) is 0 Å². The predicted octanol–water partition coefficient (Wildman–Crippen LogP) is 6.87. The molecular weight excluding hydrogens is 422 g/mol. The van der Waals surface area contributed by atoms with E-state index in [1.54, 1.807) is 26.6 Å². The number of hydrogen-bond donors (Lipinski definition) is 0. The Balaban J connectivity index is 5.95. The molecule has 0 aromatic rings. The molecule has 2 unspecified atom stereocenters. The molecule has 0 bridgehead atoms. The van der Waals surface area contributed by atoms with Crippen molar-refractivity contribution in [1.29, 1.82) is 0 Å². The van der Waals surface area contributed by atoms with Crippen LogP contribution in [0.1, 0.15) is 39.5 Å². The lowest BCUT2D eigenvalue weighted by Crippen LogP contribution is -2.58. The first kappa shape index (κ1) is 27.9. The molecule has 0 aliphatic rings. The van der Waals surface area contributed by atoms with Crippen LogP contribution in [0.4, 0.5) is 26.3 Å². The minimum Gasteiger partial charge on any atom is -0.404 e. The number of ether oxygens (including phenoxy) is 1. The van der Waals surface area contributed by atoms with Crippen molar-refractivity contribution in [2.75, 3.05) is 6.61 Å². The zero-order valence-corrected chi connectivity index (χ0v) is 20.0. The molecule has 0 amide bonds. The van der Waals surface area contributed by atoms with Crippen LogP contribution in [0.5, 0.6) is 0 Å². The lowest BCUT2D eigenvalue weighted by molar-refractivity contribution is -0.363. The first-order chi connectivity index (χ1) is 12.2. The molecule has 2 atom stereocenters. The fourth-order valence-electron chi connectivity index (χ4n) is 2.64. The van der Waals surface area contributed by atoms with Gasteiger partial charge in [0.15, 0.2) is 16.6 Å². The van der Waals surface area contributed by atoms with E-state index in [1.807, 2.05) is 0 Å². The first-order valence-corrected chi connectivity index (χ1v) is 16.2. The Morgan fingerprint density at radius 3 is 1.50 bits per heavy atom. The average Bonchev–Trinajstić information content (AvgIpc) is 2.39. The highest BCUT2D eigenvalue weighted by atomic mass is 28.4. The molecule has 0 heterocycles. The van der Waals surface area contributed by atoms with Gasteiger partial charge in [0.1, 0.15) is 5.60 Å². The van der Waals surface area contributed by atoms with Gasteiger partial charge in [0, 0.05) is 6.42 Å². The van der Waals surface area contributed by atoms with Crippen LogP contribution in [0.15, 0.2) is 0 Å². The first-order valence-electron chi connectivity index (χ1n) is 9.36. The molecular formula is C17H34F6O3Si2. The van der Waals surface area contributed by atoms with Gasteiger partial charge in [-0.05, 0) is 59.0 Å². The third kappa shape index (κ3) is 8.72. The SMILES string of the molecule is CCCCOC(CCC(C)(O[Si](C)(C)C)C(F)(F)F)(O[Si](C)(C)C)C(F)(F)F. The molecule has 0 saturated carbocycles. The van der Waals surface area contributed by atoms with Crippen LogP contribution < -0.4 is 0 Å². The topological polar surface area (TPSA) is 27.7 Å². The number of rotatable bonds is 11. The molecule has 0 fully saturated rings. The molecule has 0 aromatic heterocycles. The Morgan fingerprint density at radius 2 is 1.18 bits per heavy atom. The van der Waals surface area contributed by atoms with Gasteiger partial charge in [0.05, 0.1) is 6.61 Å². The molecule has 3 nitrogen and oxygen atoms in total. The van der Waals surface area contributed by atoms with E-state index in [1.165, 1.54) is 19.6 Å². The minimum absolute atomic E-state index is 0.252. The van der Waals surface area contributed by atoms with Gasteiger partial charge in [0.25, 0.3) is 5.79 Å². The lowest BCUT2D eigenvalue weighted by Gasteiger charge is -2.43. The molecule has 0 aliphatic heterocycles. The van der Waals surface area contributed by atoms with Crippen LogP contribution in [-0.4, -0.2) is 47.0 Å². The quantitative estimate of drug-likeness (QED) is 0.147. The predicted molar refractivity (Wildman–Crippen MR) is 102 cm³/mol. The van der Waals surface area contributed by atoms with Crippen LogP contribution in [0, 0.1) is 0 Å². The van der Waals surface area contributed by atoms with Gasteiger partial charge in [0.2, 0.25) is 0 Å². The summed E-state index contributed by atoms with van der Waals surface area (Å²) in [5, 5.41) is 0. The van der Waals surface area contributed by atoms with E-state index in [0.717, 1.165) is 6.92 Å². The van der Waals surface area contributed by atoms with E-state index >= 15 is 0 Å². The van der Waals surface area contributed by atoms with Crippen LogP contribution in [0.3, 0.4) is 0 Å². The van der Waals surface area contributed by atoms with E-state index in [0.29, 0.717) is 12.8 Å². The van der Waals surface area contributed by atoms with Gasteiger partial charge >= 0.3 is 12.4 Å². The molecule has 11 heteroatoms. The Morgan fingerprint density at radius 1 is 0.714 bits per heavy atom. The maximum atomic E-state index is 14.0. The lowest BCUT2D eigenvalue weighted by atomic mass is 9.95. The summed E-state index contributed by atoms with van der Waals surface area (Å²) < 4.78 is 98.9.